The minimum absolute atomic E-state index is 0.172. The molecule has 2 aliphatic rings. The SMILES string of the molecule is O=C1Nc2ccc(F)c3c(SC[C@@H]4CCCN4)cc(-c4ccc[nH]4)c1c23. The number of H-pyrrole nitrogens is 1. The Hall–Kier alpha value is -2.31. The molecule has 0 unspecified atom stereocenters. The number of aromatic nitrogens is 1. The third-order valence-corrected chi connectivity index (χ3v) is 6.36. The van der Waals surface area contributed by atoms with E-state index in [1.165, 1.54) is 12.5 Å². The minimum atomic E-state index is -0.276. The molecule has 1 amide bonds. The molecule has 0 spiro atoms. The van der Waals surface area contributed by atoms with E-state index in [1.807, 2.05) is 24.4 Å². The largest absolute Gasteiger partial charge is 0.361 e. The summed E-state index contributed by atoms with van der Waals surface area (Å²) in [5.41, 5.74) is 2.94. The van der Waals surface area contributed by atoms with E-state index >= 15 is 0 Å². The molecule has 0 radical (unpaired) electrons. The second-order valence-electron chi connectivity index (χ2n) is 6.78. The van der Waals surface area contributed by atoms with Crippen LogP contribution < -0.4 is 10.6 Å². The lowest BCUT2D eigenvalue weighted by atomic mass is 9.97. The Morgan fingerprint density at radius 1 is 1.23 bits per heavy atom. The molecule has 26 heavy (non-hydrogen) atoms. The number of nitrogens with one attached hydrogen (secondary N) is 3. The van der Waals surface area contributed by atoms with Crippen LogP contribution in [0, 0.1) is 5.82 Å². The van der Waals surface area contributed by atoms with Gasteiger partial charge in [0.25, 0.3) is 5.91 Å². The van der Waals surface area contributed by atoms with Crippen LogP contribution in [0.25, 0.3) is 22.0 Å². The summed E-state index contributed by atoms with van der Waals surface area (Å²) < 4.78 is 14.8. The van der Waals surface area contributed by atoms with Gasteiger partial charge in [0.05, 0.1) is 5.56 Å². The van der Waals surface area contributed by atoms with Crippen molar-refractivity contribution in [2.75, 3.05) is 17.6 Å². The predicted molar refractivity (Wildman–Crippen MR) is 103 cm³/mol. The van der Waals surface area contributed by atoms with E-state index in [1.54, 1.807) is 17.8 Å². The van der Waals surface area contributed by atoms with Gasteiger partial charge in [-0.2, -0.15) is 0 Å². The Labute approximate surface area is 154 Å². The number of amides is 1. The van der Waals surface area contributed by atoms with E-state index in [2.05, 4.69) is 15.6 Å². The van der Waals surface area contributed by atoms with Crippen LogP contribution in [0.4, 0.5) is 10.1 Å². The molecule has 0 aliphatic carbocycles. The van der Waals surface area contributed by atoms with E-state index < -0.39 is 0 Å². The van der Waals surface area contributed by atoms with Crippen molar-refractivity contribution in [3.05, 3.63) is 47.9 Å². The number of hydrogen-bond donors (Lipinski definition) is 3. The van der Waals surface area contributed by atoms with Crippen LogP contribution in [0.3, 0.4) is 0 Å². The highest BCUT2D eigenvalue weighted by Gasteiger charge is 2.29. The molecule has 2 aromatic carbocycles. The highest BCUT2D eigenvalue weighted by atomic mass is 32.2. The first-order valence-corrected chi connectivity index (χ1v) is 9.81. The van der Waals surface area contributed by atoms with Crippen LogP contribution in [0.1, 0.15) is 23.2 Å². The summed E-state index contributed by atoms with van der Waals surface area (Å²) in [6, 6.07) is 9.35. The lowest BCUT2D eigenvalue weighted by molar-refractivity contribution is 0.103. The Morgan fingerprint density at radius 2 is 2.15 bits per heavy atom. The van der Waals surface area contributed by atoms with Gasteiger partial charge in [0.1, 0.15) is 5.82 Å². The molecule has 1 saturated heterocycles. The Balaban J connectivity index is 1.71. The van der Waals surface area contributed by atoms with Crippen LogP contribution in [-0.2, 0) is 0 Å². The molecule has 3 aromatic rings. The third-order valence-electron chi connectivity index (χ3n) is 5.16. The van der Waals surface area contributed by atoms with Crippen LogP contribution in [0.2, 0.25) is 0 Å². The molecule has 1 aromatic heterocycles. The van der Waals surface area contributed by atoms with Gasteiger partial charge in [-0.25, -0.2) is 4.39 Å². The van der Waals surface area contributed by atoms with Gasteiger partial charge in [-0.15, -0.1) is 11.8 Å². The van der Waals surface area contributed by atoms with E-state index in [9.17, 15) is 9.18 Å². The fourth-order valence-corrected chi connectivity index (χ4v) is 5.14. The highest BCUT2D eigenvalue weighted by molar-refractivity contribution is 7.99. The second-order valence-corrected chi connectivity index (χ2v) is 7.85. The first-order chi connectivity index (χ1) is 12.7. The molecule has 3 heterocycles. The topological polar surface area (TPSA) is 56.9 Å². The van der Waals surface area contributed by atoms with Crippen molar-refractivity contribution < 1.29 is 9.18 Å². The van der Waals surface area contributed by atoms with Crippen LogP contribution in [-0.4, -0.2) is 29.2 Å². The van der Waals surface area contributed by atoms with Gasteiger partial charge in [-0.3, -0.25) is 4.79 Å². The summed E-state index contributed by atoms with van der Waals surface area (Å²) >= 11 is 1.66. The molecule has 132 valence electrons. The fourth-order valence-electron chi connectivity index (χ4n) is 3.93. The maximum atomic E-state index is 14.8. The van der Waals surface area contributed by atoms with Crippen molar-refractivity contribution in [2.45, 2.75) is 23.8 Å². The minimum Gasteiger partial charge on any atom is -0.361 e. The lowest BCUT2D eigenvalue weighted by Crippen LogP contribution is -2.23. The van der Waals surface area contributed by atoms with E-state index in [0.717, 1.165) is 34.9 Å². The van der Waals surface area contributed by atoms with Crippen LogP contribution in [0.15, 0.2) is 41.4 Å². The van der Waals surface area contributed by atoms with Gasteiger partial charge in [0, 0.05) is 50.6 Å². The Bertz CT molecular complexity index is 1010. The molecule has 1 atom stereocenters. The van der Waals surface area contributed by atoms with Crippen molar-refractivity contribution in [1.29, 1.82) is 0 Å². The standard InChI is InChI=1S/C20H18FN3OS/c21-13-5-6-15-19-17(20(25)24-15)12(14-4-2-8-23-14)9-16(18(13)19)26-10-11-3-1-7-22-11/h2,4-6,8-9,11,22-23H,1,3,7,10H2,(H,24,25)/t11-/m0/s1. The molecule has 3 N–H and O–H groups in total. The molecule has 5 rings (SSSR count). The van der Waals surface area contributed by atoms with Gasteiger partial charge in [0.2, 0.25) is 0 Å². The summed E-state index contributed by atoms with van der Waals surface area (Å²) in [4.78, 5) is 16.7. The summed E-state index contributed by atoms with van der Waals surface area (Å²) in [6.07, 6.45) is 4.18. The number of aromatic amines is 1. The average molecular weight is 367 g/mol. The maximum Gasteiger partial charge on any atom is 0.257 e. The lowest BCUT2D eigenvalue weighted by Gasteiger charge is -2.14. The molecule has 1 fully saturated rings. The van der Waals surface area contributed by atoms with Gasteiger partial charge in [-0.1, -0.05) is 0 Å². The number of anilines is 1. The van der Waals surface area contributed by atoms with Crippen molar-refractivity contribution in [3.8, 4) is 11.3 Å². The van der Waals surface area contributed by atoms with Gasteiger partial charge in [0.15, 0.2) is 0 Å². The zero-order chi connectivity index (χ0) is 17.7. The van der Waals surface area contributed by atoms with Gasteiger partial charge >= 0.3 is 0 Å². The molecular weight excluding hydrogens is 349 g/mol. The van der Waals surface area contributed by atoms with E-state index in [-0.39, 0.29) is 11.7 Å². The molecule has 4 nitrogen and oxygen atoms in total. The number of thioether (sulfide) groups is 1. The summed E-state index contributed by atoms with van der Waals surface area (Å²) in [5, 5.41) is 7.62. The Morgan fingerprint density at radius 3 is 2.92 bits per heavy atom. The average Bonchev–Trinajstić information content (AvgIpc) is 3.38. The zero-order valence-electron chi connectivity index (χ0n) is 14.1. The highest BCUT2D eigenvalue weighted by Crippen LogP contribution is 2.44. The van der Waals surface area contributed by atoms with Crippen LogP contribution >= 0.6 is 11.8 Å². The fraction of sp³-hybridized carbons (Fsp3) is 0.250. The van der Waals surface area contributed by atoms with Crippen molar-refractivity contribution >= 4 is 34.1 Å². The summed E-state index contributed by atoms with van der Waals surface area (Å²) in [6.45, 7) is 1.05. The molecular formula is C20H18FN3OS. The second kappa shape index (κ2) is 6.14. The third kappa shape index (κ3) is 2.44. The van der Waals surface area contributed by atoms with Crippen molar-refractivity contribution in [2.24, 2.45) is 0 Å². The normalized spacial score (nSPS) is 18.7. The number of rotatable bonds is 4. The molecule has 6 heteroatoms. The van der Waals surface area contributed by atoms with Crippen LogP contribution in [0.5, 0.6) is 0 Å². The number of carbonyl (C=O) groups excluding carboxylic acids is 1. The number of hydrogen-bond acceptors (Lipinski definition) is 3. The predicted octanol–water partition coefficient (Wildman–Crippen LogP) is 4.38. The monoisotopic (exact) mass is 367 g/mol. The molecule has 2 aliphatic heterocycles. The zero-order valence-corrected chi connectivity index (χ0v) is 14.9. The van der Waals surface area contributed by atoms with E-state index in [4.69, 9.17) is 0 Å². The van der Waals surface area contributed by atoms with Crippen molar-refractivity contribution in [1.82, 2.24) is 10.3 Å². The smallest absolute Gasteiger partial charge is 0.257 e. The number of carbonyl (C=O) groups is 1. The number of halogens is 1. The molecule has 0 saturated carbocycles. The van der Waals surface area contributed by atoms with Crippen molar-refractivity contribution in [3.63, 3.8) is 0 Å². The number of benzene rings is 2. The maximum absolute atomic E-state index is 14.8. The first-order valence-electron chi connectivity index (χ1n) is 8.83. The Kier molecular flexibility index (Phi) is 3.76. The first kappa shape index (κ1) is 15.9. The van der Waals surface area contributed by atoms with Gasteiger partial charge in [-0.05, 0) is 49.7 Å². The summed E-state index contributed by atoms with van der Waals surface area (Å²) in [7, 11) is 0. The van der Waals surface area contributed by atoms with Gasteiger partial charge < -0.3 is 15.6 Å². The van der Waals surface area contributed by atoms with E-state index in [0.29, 0.717) is 28.1 Å². The quantitative estimate of drug-likeness (QED) is 0.600. The summed E-state index contributed by atoms with van der Waals surface area (Å²) in [5.74, 6) is 0.444. The molecule has 0 bridgehead atoms.